The predicted molar refractivity (Wildman–Crippen MR) is 138 cm³/mol. The van der Waals surface area contributed by atoms with Crippen LogP contribution in [0.4, 0.5) is 5.69 Å². The molecule has 2 heterocycles. The van der Waals surface area contributed by atoms with E-state index < -0.39 is 41.2 Å². The molecular weight excluding hydrogens is 518 g/mol. The molecule has 11 heteroatoms. The molecule has 2 aromatic rings. The van der Waals surface area contributed by atoms with Crippen molar-refractivity contribution in [2.75, 3.05) is 7.05 Å². The molecule has 5 rings (SSSR count). The van der Waals surface area contributed by atoms with Crippen LogP contribution in [0.1, 0.15) is 49.8 Å². The van der Waals surface area contributed by atoms with Crippen molar-refractivity contribution in [2.45, 2.75) is 43.4 Å². The third-order valence-electron chi connectivity index (χ3n) is 7.05. The molecule has 9 nitrogen and oxygen atoms in total. The second-order valence-corrected chi connectivity index (χ2v) is 12.6. The maximum absolute atomic E-state index is 12.8. The molecule has 0 bridgehead atoms. The highest BCUT2D eigenvalue weighted by Crippen LogP contribution is 2.47. The van der Waals surface area contributed by atoms with Crippen LogP contribution in [0.2, 0.25) is 0 Å². The molecule has 0 unspecified atom stereocenters. The molecule has 3 N–H and O–H groups in total. The fraction of sp³-hybridized carbons (Fsp3) is 0.269. The van der Waals surface area contributed by atoms with E-state index in [9.17, 15) is 31.0 Å². The first-order chi connectivity index (χ1) is 17.2. The molecule has 2 aliphatic heterocycles. The number of hydrogen-bond donors (Lipinski definition) is 3. The number of rotatable bonds is 4. The standard InChI is InChI=1S/C26H25NO8S2/c1-26(2)18-9-5-6-10-19(18)27(3)25(26)22(37(32,33)34)14-17-23(28)21(36(29,30)31)13-16-12-15-8-4-7-11-20(15)35-24(16)17/h5-6,9-14H,4,7-8H2,1-3H3,(H2,29,30,31,32,33,34)/p+1. The first-order valence-electron chi connectivity index (χ1n) is 11.6. The van der Waals surface area contributed by atoms with Gasteiger partial charge in [0, 0.05) is 17.2 Å². The molecule has 2 aromatic carbocycles. The van der Waals surface area contributed by atoms with Crippen molar-refractivity contribution in [2.24, 2.45) is 0 Å². The number of para-hydroxylation sites is 1. The first-order valence-corrected chi connectivity index (χ1v) is 14.5. The number of hydrogen-bond acceptors (Lipinski definition) is 6. The molecule has 0 radical (unpaired) electrons. The zero-order valence-corrected chi connectivity index (χ0v) is 22.0. The summed E-state index contributed by atoms with van der Waals surface area (Å²) in [4.78, 5) is -1.35. The van der Waals surface area contributed by atoms with Gasteiger partial charge in [0.15, 0.2) is 4.91 Å². The zero-order valence-electron chi connectivity index (χ0n) is 20.4. The van der Waals surface area contributed by atoms with Crippen molar-refractivity contribution in [3.05, 3.63) is 69.3 Å². The maximum atomic E-state index is 12.8. The molecule has 0 amide bonds. The molecule has 0 atom stereocenters. The molecule has 0 spiro atoms. The van der Waals surface area contributed by atoms with Crippen molar-refractivity contribution in [3.63, 3.8) is 0 Å². The van der Waals surface area contributed by atoms with Crippen molar-refractivity contribution >= 4 is 43.8 Å². The zero-order chi connectivity index (χ0) is 26.9. The van der Waals surface area contributed by atoms with Crippen LogP contribution in [0.3, 0.4) is 0 Å². The number of phenols is 1. The van der Waals surface area contributed by atoms with Crippen LogP contribution in [0.25, 0.3) is 12.2 Å². The van der Waals surface area contributed by atoms with Gasteiger partial charge in [-0.05, 0) is 63.0 Å². The van der Waals surface area contributed by atoms with Gasteiger partial charge in [-0.3, -0.25) is 9.11 Å². The first kappa shape index (κ1) is 25.4. The van der Waals surface area contributed by atoms with E-state index in [0.29, 0.717) is 12.2 Å². The van der Waals surface area contributed by atoms with E-state index in [1.165, 1.54) is 0 Å². The highest BCUT2D eigenvalue weighted by atomic mass is 32.2. The molecular formula is C26H26NO8S2+. The van der Waals surface area contributed by atoms with Crippen molar-refractivity contribution in [3.8, 4) is 11.5 Å². The lowest BCUT2D eigenvalue weighted by atomic mass is 9.81. The van der Waals surface area contributed by atoms with E-state index >= 15 is 0 Å². The highest BCUT2D eigenvalue weighted by Gasteiger charge is 2.49. The van der Waals surface area contributed by atoms with Crippen LogP contribution in [0, 0.1) is 0 Å². The van der Waals surface area contributed by atoms with Crippen molar-refractivity contribution in [1.29, 1.82) is 0 Å². The summed E-state index contributed by atoms with van der Waals surface area (Å²) in [5.41, 5.74) is 1.63. The lowest BCUT2D eigenvalue weighted by Crippen LogP contribution is -2.33. The second-order valence-electron chi connectivity index (χ2n) is 9.80. The summed E-state index contributed by atoms with van der Waals surface area (Å²) in [7, 11) is -8.15. The van der Waals surface area contributed by atoms with Gasteiger partial charge in [0.25, 0.3) is 10.1 Å². The molecule has 0 saturated heterocycles. The minimum atomic E-state index is -4.91. The molecule has 194 valence electrons. The van der Waals surface area contributed by atoms with Gasteiger partial charge < -0.3 is 9.84 Å². The third kappa shape index (κ3) is 4.11. The summed E-state index contributed by atoms with van der Waals surface area (Å²) in [6.07, 6.45) is 6.87. The van der Waals surface area contributed by atoms with Gasteiger partial charge in [0.1, 0.15) is 29.2 Å². The molecule has 3 aliphatic rings. The summed E-state index contributed by atoms with van der Waals surface area (Å²) in [5, 5.41) is 11.0. The van der Waals surface area contributed by atoms with Crippen LogP contribution >= 0.6 is 0 Å². The van der Waals surface area contributed by atoms with Gasteiger partial charge in [0.2, 0.25) is 11.4 Å². The summed E-state index contributed by atoms with van der Waals surface area (Å²) in [6, 6.07) is 8.37. The van der Waals surface area contributed by atoms with Crippen molar-refractivity contribution in [1.82, 2.24) is 0 Å². The largest absolute Gasteiger partial charge is 0.506 e. The lowest BCUT2D eigenvalue weighted by molar-refractivity contribution is -0.401. The lowest BCUT2D eigenvalue weighted by Gasteiger charge is -2.26. The average molecular weight is 545 g/mol. The van der Waals surface area contributed by atoms with Crippen molar-refractivity contribution < 1.29 is 40.4 Å². The number of allylic oxidation sites excluding steroid dienone is 3. The van der Waals surface area contributed by atoms with Crippen LogP contribution in [-0.2, 0) is 25.7 Å². The minimum Gasteiger partial charge on any atom is -0.506 e. The van der Waals surface area contributed by atoms with Gasteiger partial charge in [-0.1, -0.05) is 18.2 Å². The van der Waals surface area contributed by atoms with E-state index in [4.69, 9.17) is 4.74 Å². The van der Waals surface area contributed by atoms with Crippen LogP contribution in [0.15, 0.2) is 57.5 Å². The molecule has 0 aromatic heterocycles. The van der Waals surface area contributed by atoms with E-state index in [1.54, 1.807) is 37.6 Å². The fourth-order valence-corrected chi connectivity index (χ4v) is 6.92. The van der Waals surface area contributed by atoms with Gasteiger partial charge in [0.05, 0.1) is 11.0 Å². The normalized spacial score (nSPS) is 18.9. The Morgan fingerprint density at radius 1 is 1.14 bits per heavy atom. The van der Waals surface area contributed by atoms with Crippen LogP contribution in [0.5, 0.6) is 11.5 Å². The van der Waals surface area contributed by atoms with Crippen LogP contribution < -0.4 is 4.74 Å². The number of ether oxygens (including phenoxy) is 1. The quantitative estimate of drug-likeness (QED) is 0.380. The monoisotopic (exact) mass is 544 g/mol. The third-order valence-corrected chi connectivity index (χ3v) is 8.78. The number of nitrogens with zero attached hydrogens (tertiary/aromatic N) is 1. The maximum Gasteiger partial charge on any atom is 0.300 e. The SMILES string of the molecule is C[N+]1=C(/C(=C\c2c(O)c(S(=O)(=O)O)cc3c2OC2=CCCCC2=C3)S(=O)(=O)O)C(C)(C)c2ccccc21. The Hall–Kier alpha value is -3.25. The predicted octanol–water partition coefficient (Wildman–Crippen LogP) is 4.42. The van der Waals surface area contributed by atoms with E-state index in [0.717, 1.165) is 41.8 Å². The topological polar surface area (TPSA) is 141 Å². The molecule has 37 heavy (non-hydrogen) atoms. The molecule has 0 fully saturated rings. The number of fused-ring (bicyclic) bond motifs is 3. The summed E-state index contributed by atoms with van der Waals surface area (Å²) in [5.74, 6) is -0.356. The Morgan fingerprint density at radius 2 is 1.84 bits per heavy atom. The summed E-state index contributed by atoms with van der Waals surface area (Å²) >= 11 is 0. The second kappa shape index (κ2) is 8.38. The van der Waals surface area contributed by atoms with Gasteiger partial charge in [-0.2, -0.15) is 21.4 Å². The number of benzene rings is 2. The smallest absolute Gasteiger partial charge is 0.300 e. The molecule has 0 saturated carbocycles. The summed E-state index contributed by atoms with van der Waals surface area (Å²) < 4.78 is 77.8. The van der Waals surface area contributed by atoms with E-state index in [1.807, 2.05) is 24.3 Å². The van der Waals surface area contributed by atoms with E-state index in [-0.39, 0.29) is 22.6 Å². The Labute approximate surface area is 215 Å². The Bertz CT molecular complexity index is 1710. The Kier molecular flexibility index (Phi) is 5.76. The van der Waals surface area contributed by atoms with Gasteiger partial charge in [-0.25, -0.2) is 0 Å². The number of phenolic OH excluding ortho intramolecular Hbond substituents is 1. The van der Waals surface area contributed by atoms with Gasteiger partial charge >= 0.3 is 10.1 Å². The summed E-state index contributed by atoms with van der Waals surface area (Å²) in [6.45, 7) is 3.60. The van der Waals surface area contributed by atoms with Crippen LogP contribution in [-0.4, -0.2) is 48.4 Å². The minimum absolute atomic E-state index is 0.0134. The Morgan fingerprint density at radius 3 is 2.49 bits per heavy atom. The Balaban J connectivity index is 1.85. The highest BCUT2D eigenvalue weighted by molar-refractivity contribution is 7.91. The fourth-order valence-electron chi connectivity index (χ4n) is 5.38. The van der Waals surface area contributed by atoms with E-state index in [2.05, 4.69) is 0 Å². The van der Waals surface area contributed by atoms with Gasteiger partial charge in [-0.15, -0.1) is 0 Å². The number of aromatic hydroxyl groups is 1. The molecule has 1 aliphatic carbocycles. The average Bonchev–Trinajstić information content (AvgIpc) is 3.01.